The van der Waals surface area contributed by atoms with E-state index in [1.165, 1.54) is 0 Å². The van der Waals surface area contributed by atoms with Gasteiger partial charge in [0.1, 0.15) is 12.6 Å². The molecule has 0 bridgehead atoms. The Balaban J connectivity index is 4.58. The standard InChI is InChI=1S/C46H72NO11P/c1-3-5-7-8-9-10-11-12-13-14-15-16-20-23-26-29-32-36-44(49)55-38-42(39-56-59(53,54)57-40-43(47)46(51)52)58-45(50)37-33-30-27-24-21-18-17-19-22-25-28-31-35-41(48)34-6-4-2/h5-7,9-10,12-13,15-18,22,24-25,27-28,31,34,41-43,48H,3-4,8,11,14,19-21,23,26,29-30,32-33,35-40,47H2,1-2H3,(H,51,52)(H,53,54)/b7-5-,10-9-,13-12-,16-15-,18-17-,25-22-,27-24-,31-28+,34-6-/t41?,42-,43+/m1/s1. The molecule has 0 amide bonds. The molecule has 12 nitrogen and oxygen atoms in total. The first-order valence-electron chi connectivity index (χ1n) is 21.0. The Morgan fingerprint density at radius 2 is 1.12 bits per heavy atom. The quantitative estimate of drug-likeness (QED) is 0.0152. The van der Waals surface area contributed by atoms with Crippen LogP contribution in [0.4, 0.5) is 0 Å². The van der Waals surface area contributed by atoms with Crippen LogP contribution < -0.4 is 5.73 Å². The number of phosphoric ester groups is 1. The number of aliphatic hydroxyl groups excluding tert-OH is 1. The zero-order valence-electron chi connectivity index (χ0n) is 35.4. The van der Waals surface area contributed by atoms with E-state index in [1.54, 1.807) is 6.08 Å². The van der Waals surface area contributed by atoms with Gasteiger partial charge < -0.3 is 30.3 Å². The lowest BCUT2D eigenvalue weighted by Crippen LogP contribution is -2.34. The third-order valence-corrected chi connectivity index (χ3v) is 9.04. The van der Waals surface area contributed by atoms with Crippen LogP contribution in [0.3, 0.4) is 0 Å². The van der Waals surface area contributed by atoms with Crippen LogP contribution in [0.1, 0.15) is 123 Å². The van der Waals surface area contributed by atoms with E-state index >= 15 is 0 Å². The van der Waals surface area contributed by atoms with Crippen molar-refractivity contribution in [3.63, 3.8) is 0 Å². The Morgan fingerprint density at radius 3 is 1.73 bits per heavy atom. The van der Waals surface area contributed by atoms with E-state index in [9.17, 15) is 28.9 Å². The lowest BCUT2D eigenvalue weighted by molar-refractivity contribution is -0.161. The van der Waals surface area contributed by atoms with Crippen molar-refractivity contribution >= 4 is 25.7 Å². The second-order valence-corrected chi connectivity index (χ2v) is 15.0. The molecular formula is C46H72NO11P. The number of aliphatic carboxylic acids is 1. The van der Waals surface area contributed by atoms with Gasteiger partial charge in [0.25, 0.3) is 0 Å². The predicted molar refractivity (Wildman–Crippen MR) is 236 cm³/mol. The van der Waals surface area contributed by atoms with E-state index in [2.05, 4.69) is 60.1 Å². The van der Waals surface area contributed by atoms with Crippen LogP contribution in [0.15, 0.2) is 109 Å². The van der Waals surface area contributed by atoms with Gasteiger partial charge >= 0.3 is 25.7 Å². The molecule has 0 aliphatic carbocycles. The molecule has 13 heteroatoms. The summed E-state index contributed by atoms with van der Waals surface area (Å²) in [5, 5.41) is 18.6. The first kappa shape index (κ1) is 55.1. The number of nitrogens with two attached hydrogens (primary N) is 1. The fraction of sp³-hybridized carbons (Fsp3) is 0.543. The van der Waals surface area contributed by atoms with E-state index < -0.39 is 63.8 Å². The monoisotopic (exact) mass is 845 g/mol. The normalized spacial score (nSPS) is 15.3. The van der Waals surface area contributed by atoms with E-state index in [4.69, 9.17) is 24.8 Å². The Kier molecular flexibility index (Phi) is 36.9. The van der Waals surface area contributed by atoms with Gasteiger partial charge in [-0.25, -0.2) is 4.57 Å². The van der Waals surface area contributed by atoms with Gasteiger partial charge in [0.15, 0.2) is 6.10 Å². The summed E-state index contributed by atoms with van der Waals surface area (Å²) in [6.07, 6.45) is 47.9. The average Bonchev–Trinajstić information content (AvgIpc) is 3.21. The summed E-state index contributed by atoms with van der Waals surface area (Å²) >= 11 is 0. The summed E-state index contributed by atoms with van der Waals surface area (Å²) in [7, 11) is -4.76. The maximum Gasteiger partial charge on any atom is 0.472 e. The number of rotatable bonds is 37. The number of phosphoric acid groups is 1. The highest BCUT2D eigenvalue weighted by Crippen LogP contribution is 2.43. The second kappa shape index (κ2) is 39.6. The van der Waals surface area contributed by atoms with Crippen molar-refractivity contribution in [2.24, 2.45) is 5.73 Å². The SMILES string of the molecule is CC/C=C\C/C=C\C/C=C\C/C=C\CCCCCCC(=O)OC[C@H](COP(=O)(O)OC[C@H](N)C(=O)O)OC(=O)CCC/C=C\C/C=C\C/C=C\C=C\CC(O)/C=C\CC. The van der Waals surface area contributed by atoms with E-state index in [0.717, 1.165) is 70.6 Å². The Hall–Kier alpha value is -3.90. The zero-order chi connectivity index (χ0) is 43.7. The summed E-state index contributed by atoms with van der Waals surface area (Å²) in [4.78, 5) is 45.9. The fourth-order valence-corrected chi connectivity index (χ4v) is 5.59. The number of ether oxygens (including phenoxy) is 2. The van der Waals surface area contributed by atoms with Crippen LogP contribution in [0, 0.1) is 0 Å². The number of carboxylic acid groups (broad SMARTS) is 1. The molecule has 0 spiro atoms. The topological polar surface area (TPSA) is 192 Å². The Morgan fingerprint density at radius 1 is 0.610 bits per heavy atom. The van der Waals surface area contributed by atoms with Gasteiger partial charge in [0.2, 0.25) is 0 Å². The molecular weight excluding hydrogens is 773 g/mol. The minimum Gasteiger partial charge on any atom is -0.480 e. The van der Waals surface area contributed by atoms with Gasteiger partial charge in [-0.05, 0) is 83.5 Å². The third kappa shape index (κ3) is 39.3. The van der Waals surface area contributed by atoms with E-state index in [1.807, 2.05) is 61.6 Å². The molecule has 0 fully saturated rings. The third-order valence-electron chi connectivity index (χ3n) is 8.09. The average molecular weight is 846 g/mol. The summed E-state index contributed by atoms with van der Waals surface area (Å²) < 4.78 is 32.6. The molecule has 0 saturated heterocycles. The molecule has 0 rings (SSSR count). The summed E-state index contributed by atoms with van der Waals surface area (Å²) in [6, 6.07) is -1.55. The van der Waals surface area contributed by atoms with Crippen LogP contribution in [0.2, 0.25) is 0 Å². The maximum absolute atomic E-state index is 12.6. The van der Waals surface area contributed by atoms with Crippen molar-refractivity contribution in [1.29, 1.82) is 0 Å². The molecule has 332 valence electrons. The minimum absolute atomic E-state index is 0.0521. The van der Waals surface area contributed by atoms with Gasteiger partial charge in [0.05, 0.1) is 19.3 Å². The zero-order valence-corrected chi connectivity index (χ0v) is 36.3. The lowest BCUT2D eigenvalue weighted by atomic mass is 10.1. The highest BCUT2D eigenvalue weighted by molar-refractivity contribution is 7.47. The number of carboxylic acids is 1. The van der Waals surface area contributed by atoms with Crippen LogP contribution in [0.25, 0.3) is 0 Å². The first-order valence-corrected chi connectivity index (χ1v) is 22.5. The van der Waals surface area contributed by atoms with Crippen LogP contribution in [-0.2, 0) is 37.5 Å². The molecule has 0 aliphatic rings. The van der Waals surface area contributed by atoms with Crippen molar-refractivity contribution < 1.29 is 52.6 Å². The minimum atomic E-state index is -4.76. The van der Waals surface area contributed by atoms with Crippen molar-refractivity contribution in [3.8, 4) is 0 Å². The number of hydrogen-bond donors (Lipinski definition) is 4. The highest BCUT2D eigenvalue weighted by Gasteiger charge is 2.28. The molecule has 0 saturated carbocycles. The number of aliphatic hydroxyl groups is 1. The number of allylic oxidation sites excluding steroid dienone is 16. The molecule has 0 aliphatic heterocycles. The molecule has 4 atom stereocenters. The molecule has 0 aromatic heterocycles. The van der Waals surface area contributed by atoms with Crippen molar-refractivity contribution in [2.45, 2.75) is 141 Å². The van der Waals surface area contributed by atoms with Gasteiger partial charge in [-0.3, -0.25) is 23.4 Å². The Labute approximate surface area is 353 Å². The molecule has 0 aromatic carbocycles. The van der Waals surface area contributed by atoms with Gasteiger partial charge in [-0.2, -0.15) is 0 Å². The fourth-order valence-electron chi connectivity index (χ4n) is 4.82. The molecule has 0 aromatic rings. The van der Waals surface area contributed by atoms with Gasteiger partial charge in [-0.15, -0.1) is 0 Å². The highest BCUT2D eigenvalue weighted by atomic mass is 31.2. The van der Waals surface area contributed by atoms with E-state index in [-0.39, 0.29) is 12.8 Å². The number of unbranched alkanes of at least 4 members (excludes halogenated alkanes) is 5. The molecule has 2 unspecified atom stereocenters. The summed E-state index contributed by atoms with van der Waals surface area (Å²) in [5.74, 6) is -2.53. The number of carbonyl (C=O) groups is 3. The maximum atomic E-state index is 12.6. The van der Waals surface area contributed by atoms with Crippen LogP contribution >= 0.6 is 7.82 Å². The molecule has 0 radical (unpaired) electrons. The predicted octanol–water partition coefficient (Wildman–Crippen LogP) is 10.0. The van der Waals surface area contributed by atoms with Crippen molar-refractivity contribution in [3.05, 3.63) is 109 Å². The van der Waals surface area contributed by atoms with Crippen LogP contribution in [0.5, 0.6) is 0 Å². The van der Waals surface area contributed by atoms with Crippen molar-refractivity contribution in [1.82, 2.24) is 0 Å². The first-order chi connectivity index (χ1) is 28.5. The number of hydrogen-bond acceptors (Lipinski definition) is 10. The lowest BCUT2D eigenvalue weighted by Gasteiger charge is -2.20. The molecule has 59 heavy (non-hydrogen) atoms. The van der Waals surface area contributed by atoms with Crippen LogP contribution in [-0.4, -0.2) is 71.1 Å². The van der Waals surface area contributed by atoms with Gasteiger partial charge in [0, 0.05) is 12.8 Å². The molecule has 0 heterocycles. The smallest absolute Gasteiger partial charge is 0.472 e. The number of carbonyl (C=O) groups excluding carboxylic acids is 2. The summed E-state index contributed by atoms with van der Waals surface area (Å²) in [6.45, 7) is 2.33. The Bertz CT molecular complexity index is 1430. The number of esters is 2. The van der Waals surface area contributed by atoms with E-state index in [0.29, 0.717) is 25.7 Å². The molecule has 5 N–H and O–H groups in total. The largest absolute Gasteiger partial charge is 0.480 e. The summed E-state index contributed by atoms with van der Waals surface area (Å²) in [5.41, 5.74) is 5.32. The van der Waals surface area contributed by atoms with Crippen molar-refractivity contribution in [2.75, 3.05) is 19.8 Å². The van der Waals surface area contributed by atoms with Gasteiger partial charge in [-0.1, -0.05) is 136 Å². The second-order valence-electron chi connectivity index (χ2n) is 13.6.